The molecule has 1 heterocycles. The molecular formula is C11H20N2O. The van der Waals surface area contributed by atoms with Crippen LogP contribution in [-0.4, -0.2) is 29.9 Å². The normalized spacial score (nSPS) is 30.1. The van der Waals surface area contributed by atoms with Gasteiger partial charge in [0.1, 0.15) is 0 Å². The zero-order valence-corrected chi connectivity index (χ0v) is 8.91. The Labute approximate surface area is 85.6 Å². The second-order valence-corrected chi connectivity index (χ2v) is 4.78. The maximum absolute atomic E-state index is 11.2. The summed E-state index contributed by atoms with van der Waals surface area (Å²) in [6.45, 7) is 3.49. The Morgan fingerprint density at radius 1 is 1.36 bits per heavy atom. The van der Waals surface area contributed by atoms with Gasteiger partial charge in [-0.1, -0.05) is 0 Å². The van der Waals surface area contributed by atoms with Crippen LogP contribution in [0.5, 0.6) is 0 Å². The average molecular weight is 196 g/mol. The molecule has 2 N–H and O–H groups in total. The third-order valence-corrected chi connectivity index (χ3v) is 3.61. The van der Waals surface area contributed by atoms with Gasteiger partial charge in [0.2, 0.25) is 5.91 Å². The number of carbonyl (C=O) groups excluding carboxylic acids is 1. The molecule has 0 radical (unpaired) electrons. The minimum atomic E-state index is 0.206. The molecule has 0 aromatic heterocycles. The third-order valence-electron chi connectivity index (χ3n) is 3.61. The highest BCUT2D eigenvalue weighted by Crippen LogP contribution is 2.36. The van der Waals surface area contributed by atoms with Crippen molar-refractivity contribution < 1.29 is 4.79 Å². The van der Waals surface area contributed by atoms with E-state index in [9.17, 15) is 4.79 Å². The monoisotopic (exact) mass is 196 g/mol. The van der Waals surface area contributed by atoms with Crippen LogP contribution in [0.1, 0.15) is 32.6 Å². The largest absolute Gasteiger partial charge is 0.343 e. The van der Waals surface area contributed by atoms with E-state index in [2.05, 4.69) is 0 Å². The topological polar surface area (TPSA) is 46.3 Å². The number of amides is 1. The molecule has 1 saturated carbocycles. The van der Waals surface area contributed by atoms with Gasteiger partial charge in [-0.15, -0.1) is 0 Å². The Hall–Kier alpha value is -0.570. The summed E-state index contributed by atoms with van der Waals surface area (Å²) in [6.07, 6.45) is 4.95. The van der Waals surface area contributed by atoms with Crippen molar-refractivity contribution >= 4 is 5.91 Å². The van der Waals surface area contributed by atoms with Gasteiger partial charge in [0.25, 0.3) is 0 Å². The zero-order chi connectivity index (χ0) is 10.1. The lowest BCUT2D eigenvalue weighted by molar-refractivity contribution is -0.130. The Bertz CT molecular complexity index is 225. The fraction of sp³-hybridized carbons (Fsp3) is 0.909. The molecule has 1 aliphatic heterocycles. The first-order valence-electron chi connectivity index (χ1n) is 5.69. The lowest BCUT2D eigenvalue weighted by Gasteiger charge is -2.35. The Morgan fingerprint density at radius 3 is 2.64 bits per heavy atom. The Morgan fingerprint density at radius 2 is 2.07 bits per heavy atom. The molecular weight excluding hydrogens is 176 g/mol. The van der Waals surface area contributed by atoms with E-state index < -0.39 is 0 Å². The second-order valence-electron chi connectivity index (χ2n) is 4.78. The summed E-state index contributed by atoms with van der Waals surface area (Å²) in [4.78, 5) is 13.2. The van der Waals surface area contributed by atoms with Gasteiger partial charge in [0.15, 0.2) is 0 Å². The smallest absolute Gasteiger partial charge is 0.219 e. The van der Waals surface area contributed by atoms with E-state index in [0.717, 1.165) is 25.4 Å². The average Bonchev–Trinajstić information content (AvgIpc) is 3.00. The standard InChI is InChI=1S/C11H20N2O/c1-8(14)13-6-2-3-10(7-13)11(12)9-4-5-9/h9-11H,2-7,12H2,1H3. The molecule has 1 saturated heterocycles. The van der Waals surface area contributed by atoms with Gasteiger partial charge in [-0.3, -0.25) is 4.79 Å². The van der Waals surface area contributed by atoms with Crippen LogP contribution in [0, 0.1) is 11.8 Å². The quantitative estimate of drug-likeness (QED) is 0.715. The van der Waals surface area contributed by atoms with Crippen molar-refractivity contribution in [3.8, 4) is 0 Å². The summed E-state index contributed by atoms with van der Waals surface area (Å²) in [5.41, 5.74) is 6.18. The molecule has 0 spiro atoms. The van der Waals surface area contributed by atoms with Crippen LogP contribution in [0.25, 0.3) is 0 Å². The lowest BCUT2D eigenvalue weighted by atomic mass is 9.88. The number of hydrogen-bond donors (Lipinski definition) is 1. The van der Waals surface area contributed by atoms with Crippen LogP contribution < -0.4 is 5.73 Å². The molecule has 2 atom stereocenters. The predicted molar refractivity (Wildman–Crippen MR) is 55.7 cm³/mol. The number of piperidine rings is 1. The van der Waals surface area contributed by atoms with Gasteiger partial charge in [0, 0.05) is 26.1 Å². The molecule has 2 rings (SSSR count). The first kappa shape index (κ1) is 9.97. The van der Waals surface area contributed by atoms with Gasteiger partial charge < -0.3 is 10.6 Å². The molecule has 3 heteroatoms. The maximum Gasteiger partial charge on any atom is 0.219 e. The number of hydrogen-bond acceptors (Lipinski definition) is 2. The number of nitrogens with two attached hydrogens (primary N) is 1. The van der Waals surface area contributed by atoms with E-state index in [1.165, 1.54) is 19.3 Å². The van der Waals surface area contributed by atoms with Gasteiger partial charge in [-0.25, -0.2) is 0 Å². The highest BCUT2D eigenvalue weighted by atomic mass is 16.2. The summed E-state index contributed by atoms with van der Waals surface area (Å²) in [5.74, 6) is 1.52. The van der Waals surface area contributed by atoms with Gasteiger partial charge in [0.05, 0.1) is 0 Å². The molecule has 2 unspecified atom stereocenters. The molecule has 2 fully saturated rings. The lowest BCUT2D eigenvalue weighted by Crippen LogP contribution is -2.46. The van der Waals surface area contributed by atoms with Crippen molar-refractivity contribution in [2.45, 2.75) is 38.6 Å². The van der Waals surface area contributed by atoms with Crippen LogP contribution in [0.4, 0.5) is 0 Å². The van der Waals surface area contributed by atoms with Crippen LogP contribution >= 0.6 is 0 Å². The van der Waals surface area contributed by atoms with Crippen molar-refractivity contribution in [1.29, 1.82) is 0 Å². The Balaban J connectivity index is 1.89. The van der Waals surface area contributed by atoms with E-state index in [1.54, 1.807) is 6.92 Å². The summed E-state index contributed by atoms with van der Waals surface area (Å²) >= 11 is 0. The van der Waals surface area contributed by atoms with Crippen LogP contribution in [0.15, 0.2) is 0 Å². The molecule has 1 aliphatic carbocycles. The van der Waals surface area contributed by atoms with Crippen molar-refractivity contribution in [2.75, 3.05) is 13.1 Å². The first-order chi connectivity index (χ1) is 6.68. The number of carbonyl (C=O) groups is 1. The van der Waals surface area contributed by atoms with Gasteiger partial charge >= 0.3 is 0 Å². The SMILES string of the molecule is CC(=O)N1CCCC(C(N)C2CC2)C1. The fourth-order valence-electron chi connectivity index (χ4n) is 2.48. The molecule has 1 amide bonds. The van der Waals surface area contributed by atoms with Gasteiger partial charge in [-0.05, 0) is 37.5 Å². The first-order valence-corrected chi connectivity index (χ1v) is 5.69. The van der Waals surface area contributed by atoms with E-state index in [4.69, 9.17) is 5.73 Å². The minimum absolute atomic E-state index is 0.206. The second kappa shape index (κ2) is 3.89. The minimum Gasteiger partial charge on any atom is -0.343 e. The van der Waals surface area contributed by atoms with Crippen LogP contribution in [0.2, 0.25) is 0 Å². The maximum atomic E-state index is 11.2. The Kier molecular flexibility index (Phi) is 2.77. The molecule has 80 valence electrons. The molecule has 0 bridgehead atoms. The van der Waals surface area contributed by atoms with Crippen LogP contribution in [0.3, 0.4) is 0 Å². The molecule has 0 aromatic rings. The van der Waals surface area contributed by atoms with E-state index >= 15 is 0 Å². The molecule has 3 nitrogen and oxygen atoms in total. The summed E-state index contributed by atoms with van der Waals surface area (Å²) < 4.78 is 0. The van der Waals surface area contributed by atoms with E-state index in [1.807, 2.05) is 4.90 Å². The fourth-order valence-corrected chi connectivity index (χ4v) is 2.48. The number of rotatable bonds is 2. The zero-order valence-electron chi connectivity index (χ0n) is 8.91. The van der Waals surface area contributed by atoms with Crippen molar-refractivity contribution in [1.82, 2.24) is 4.90 Å². The van der Waals surface area contributed by atoms with Crippen molar-refractivity contribution in [3.63, 3.8) is 0 Å². The summed E-state index contributed by atoms with van der Waals surface area (Å²) in [5, 5.41) is 0. The van der Waals surface area contributed by atoms with Crippen molar-refractivity contribution in [3.05, 3.63) is 0 Å². The van der Waals surface area contributed by atoms with Gasteiger partial charge in [-0.2, -0.15) is 0 Å². The van der Waals surface area contributed by atoms with E-state index in [0.29, 0.717) is 12.0 Å². The number of nitrogens with zero attached hydrogens (tertiary/aromatic N) is 1. The predicted octanol–water partition coefficient (Wildman–Crippen LogP) is 0.982. The number of likely N-dealkylation sites (tertiary alicyclic amines) is 1. The molecule has 0 aromatic carbocycles. The van der Waals surface area contributed by atoms with E-state index in [-0.39, 0.29) is 5.91 Å². The molecule has 2 aliphatic rings. The van der Waals surface area contributed by atoms with Crippen molar-refractivity contribution in [2.24, 2.45) is 17.6 Å². The highest BCUT2D eigenvalue weighted by molar-refractivity contribution is 5.73. The highest BCUT2D eigenvalue weighted by Gasteiger charge is 2.36. The molecule has 14 heavy (non-hydrogen) atoms. The summed E-state index contributed by atoms with van der Waals surface area (Å²) in [7, 11) is 0. The summed E-state index contributed by atoms with van der Waals surface area (Å²) in [6, 6.07) is 0.345. The third kappa shape index (κ3) is 2.08. The van der Waals surface area contributed by atoms with Crippen LogP contribution in [-0.2, 0) is 4.79 Å².